The fraction of sp³-hybridized carbons (Fsp3) is 0.333. The van der Waals surface area contributed by atoms with Gasteiger partial charge >= 0.3 is 29.6 Å². The van der Waals surface area contributed by atoms with E-state index in [0.717, 1.165) is 0 Å². The van der Waals surface area contributed by atoms with Crippen molar-refractivity contribution in [1.29, 1.82) is 0 Å². The van der Waals surface area contributed by atoms with Gasteiger partial charge in [0.25, 0.3) is 0 Å². The summed E-state index contributed by atoms with van der Waals surface area (Å²) < 4.78 is 31.9. The van der Waals surface area contributed by atoms with Crippen molar-refractivity contribution >= 4 is 21.7 Å². The number of halogens is 1. The Bertz CT molecular complexity index is 464. The molecular formula is C9H11ClNNaO4S. The van der Waals surface area contributed by atoms with Crippen LogP contribution in [-0.2, 0) is 15.7 Å². The summed E-state index contributed by atoms with van der Waals surface area (Å²) in [5, 5.41) is 10.4. The van der Waals surface area contributed by atoms with Crippen molar-refractivity contribution in [2.45, 2.75) is 5.60 Å². The minimum absolute atomic E-state index is 0. The maximum atomic E-state index is 10.6. The van der Waals surface area contributed by atoms with E-state index in [0.29, 0.717) is 5.02 Å². The number of rotatable bonds is 4. The van der Waals surface area contributed by atoms with Crippen LogP contribution in [0.2, 0.25) is 5.02 Å². The van der Waals surface area contributed by atoms with Crippen LogP contribution in [0.5, 0.6) is 0 Å². The Hall–Kier alpha value is 0.340. The number of hydrogen-bond donors (Lipinski definition) is 2. The Balaban J connectivity index is 0.00000256. The molecule has 0 spiro atoms. The predicted molar refractivity (Wildman–Crippen MR) is 59.0 cm³/mol. The molecule has 1 aromatic rings. The van der Waals surface area contributed by atoms with Crippen LogP contribution in [0, 0.1) is 0 Å². The van der Waals surface area contributed by atoms with Gasteiger partial charge in [-0.15, -0.1) is 0 Å². The molecule has 90 valence electrons. The standard InChI is InChI=1S/C9H12ClNO4S.Na/c10-8-3-1-7(2-4-8)9(12,5-11)6-16(13,14)15;/h1-4,12H,5-6,11H2,(H,13,14,15);/q;+1/p-1. The number of aliphatic hydroxyl groups is 1. The van der Waals surface area contributed by atoms with Crippen LogP contribution in [-0.4, -0.2) is 30.4 Å². The van der Waals surface area contributed by atoms with Crippen LogP contribution < -0.4 is 35.3 Å². The van der Waals surface area contributed by atoms with Crippen LogP contribution in [0.15, 0.2) is 24.3 Å². The molecule has 1 unspecified atom stereocenters. The SMILES string of the molecule is NCC(O)(CS(=O)(=O)[O-])c1ccc(Cl)cc1.[Na+]. The number of hydrogen-bond acceptors (Lipinski definition) is 5. The normalized spacial score (nSPS) is 14.8. The average molecular weight is 288 g/mol. The van der Waals surface area contributed by atoms with Crippen molar-refractivity contribution < 1.29 is 47.6 Å². The molecule has 0 fully saturated rings. The number of benzene rings is 1. The van der Waals surface area contributed by atoms with E-state index in [-0.39, 0.29) is 41.7 Å². The van der Waals surface area contributed by atoms with Crippen LogP contribution >= 0.6 is 11.6 Å². The average Bonchev–Trinajstić information content (AvgIpc) is 2.16. The first-order valence-corrected chi connectivity index (χ1v) is 6.34. The van der Waals surface area contributed by atoms with Crippen LogP contribution in [0.1, 0.15) is 5.56 Å². The Morgan fingerprint density at radius 1 is 1.35 bits per heavy atom. The predicted octanol–water partition coefficient (Wildman–Crippen LogP) is -2.96. The van der Waals surface area contributed by atoms with E-state index in [4.69, 9.17) is 17.3 Å². The molecule has 0 bridgehead atoms. The van der Waals surface area contributed by atoms with Gasteiger partial charge in [0, 0.05) is 11.6 Å². The minimum Gasteiger partial charge on any atom is -0.748 e. The zero-order valence-corrected chi connectivity index (χ0v) is 12.8. The van der Waals surface area contributed by atoms with Crippen LogP contribution in [0.3, 0.4) is 0 Å². The molecule has 0 aliphatic heterocycles. The van der Waals surface area contributed by atoms with Gasteiger partial charge in [0.2, 0.25) is 0 Å². The third kappa shape index (κ3) is 5.23. The fourth-order valence-electron chi connectivity index (χ4n) is 1.31. The molecule has 5 nitrogen and oxygen atoms in total. The molecule has 0 saturated heterocycles. The fourth-order valence-corrected chi connectivity index (χ4v) is 2.31. The Morgan fingerprint density at radius 3 is 2.18 bits per heavy atom. The molecular weight excluding hydrogens is 277 g/mol. The molecule has 0 heterocycles. The zero-order valence-electron chi connectivity index (χ0n) is 9.26. The summed E-state index contributed by atoms with van der Waals surface area (Å²) in [6.07, 6.45) is 0. The molecule has 0 aliphatic carbocycles. The van der Waals surface area contributed by atoms with Crippen LogP contribution in [0.4, 0.5) is 0 Å². The van der Waals surface area contributed by atoms with Crippen molar-refractivity contribution in [2.24, 2.45) is 5.73 Å². The molecule has 1 atom stereocenters. The zero-order chi connectivity index (χ0) is 12.4. The second-order valence-electron chi connectivity index (χ2n) is 3.44. The maximum Gasteiger partial charge on any atom is 1.00 e. The smallest absolute Gasteiger partial charge is 0.748 e. The quantitative estimate of drug-likeness (QED) is 0.455. The molecule has 0 saturated carbocycles. The molecule has 17 heavy (non-hydrogen) atoms. The topological polar surface area (TPSA) is 103 Å². The van der Waals surface area contributed by atoms with Gasteiger partial charge in [0.1, 0.15) is 5.60 Å². The third-order valence-corrected chi connectivity index (χ3v) is 3.22. The molecule has 1 aromatic carbocycles. The summed E-state index contributed by atoms with van der Waals surface area (Å²) in [5.74, 6) is -0.960. The molecule has 0 aromatic heterocycles. The van der Waals surface area contributed by atoms with Crippen molar-refractivity contribution in [2.75, 3.05) is 12.3 Å². The monoisotopic (exact) mass is 287 g/mol. The van der Waals surface area contributed by atoms with Gasteiger partial charge in [-0.2, -0.15) is 0 Å². The molecule has 8 heteroatoms. The van der Waals surface area contributed by atoms with Gasteiger partial charge in [0.15, 0.2) is 0 Å². The van der Waals surface area contributed by atoms with E-state index >= 15 is 0 Å². The van der Waals surface area contributed by atoms with Gasteiger partial charge in [-0.1, -0.05) is 23.7 Å². The first kappa shape index (κ1) is 17.3. The second-order valence-corrected chi connectivity index (χ2v) is 5.29. The van der Waals surface area contributed by atoms with Gasteiger partial charge < -0.3 is 15.4 Å². The van der Waals surface area contributed by atoms with Crippen molar-refractivity contribution in [3.05, 3.63) is 34.9 Å². The largest absolute Gasteiger partial charge is 1.00 e. The van der Waals surface area contributed by atoms with E-state index in [1.165, 1.54) is 24.3 Å². The van der Waals surface area contributed by atoms with Gasteiger partial charge in [0.05, 0.1) is 15.9 Å². The summed E-state index contributed by atoms with van der Waals surface area (Å²) in [5.41, 5.74) is 3.68. The van der Waals surface area contributed by atoms with E-state index in [1.807, 2.05) is 0 Å². The molecule has 0 amide bonds. The summed E-state index contributed by atoms with van der Waals surface area (Å²) in [6, 6.07) is 5.82. The van der Waals surface area contributed by atoms with Crippen molar-refractivity contribution in [3.8, 4) is 0 Å². The summed E-state index contributed by atoms with van der Waals surface area (Å²) in [4.78, 5) is 0. The molecule has 0 radical (unpaired) electrons. The van der Waals surface area contributed by atoms with Crippen LogP contribution in [0.25, 0.3) is 0 Å². The Kier molecular flexibility index (Phi) is 6.62. The van der Waals surface area contributed by atoms with E-state index in [9.17, 15) is 18.1 Å². The second kappa shape index (κ2) is 6.49. The Morgan fingerprint density at radius 2 is 1.82 bits per heavy atom. The van der Waals surface area contributed by atoms with Gasteiger partial charge in [-0.05, 0) is 17.7 Å². The summed E-state index contributed by atoms with van der Waals surface area (Å²) in [7, 11) is -4.57. The van der Waals surface area contributed by atoms with E-state index < -0.39 is 21.5 Å². The van der Waals surface area contributed by atoms with Crippen molar-refractivity contribution in [3.63, 3.8) is 0 Å². The maximum absolute atomic E-state index is 10.6. The molecule has 1 rings (SSSR count). The number of nitrogens with two attached hydrogens (primary N) is 1. The summed E-state index contributed by atoms with van der Waals surface area (Å²) in [6.45, 7) is -0.365. The van der Waals surface area contributed by atoms with Crippen molar-refractivity contribution in [1.82, 2.24) is 0 Å². The summed E-state index contributed by atoms with van der Waals surface area (Å²) >= 11 is 5.65. The third-order valence-electron chi connectivity index (χ3n) is 2.13. The minimum atomic E-state index is -4.57. The first-order valence-electron chi connectivity index (χ1n) is 4.39. The Labute approximate surface area is 127 Å². The molecule has 3 N–H and O–H groups in total. The van der Waals surface area contributed by atoms with Gasteiger partial charge in [-0.25, -0.2) is 8.42 Å². The first-order chi connectivity index (χ1) is 7.27. The van der Waals surface area contributed by atoms with E-state index in [2.05, 4.69) is 0 Å². The molecule has 0 aliphatic rings. The van der Waals surface area contributed by atoms with E-state index in [1.54, 1.807) is 0 Å². The van der Waals surface area contributed by atoms with Gasteiger partial charge in [-0.3, -0.25) is 0 Å².